The first-order chi connectivity index (χ1) is 6.52. The van der Waals surface area contributed by atoms with Gasteiger partial charge >= 0.3 is 0 Å². The molecule has 0 radical (unpaired) electrons. The Balaban J connectivity index is 0.00000112. The van der Waals surface area contributed by atoms with Gasteiger partial charge in [-0.3, -0.25) is 0 Å². The van der Waals surface area contributed by atoms with Crippen LogP contribution in [0.4, 0.5) is 0 Å². The predicted octanol–water partition coefficient (Wildman–Crippen LogP) is 0.443. The summed E-state index contributed by atoms with van der Waals surface area (Å²) in [5.41, 5.74) is 0.237. The van der Waals surface area contributed by atoms with E-state index < -0.39 is 10.0 Å². The molecule has 2 rings (SSSR count). The third-order valence-corrected chi connectivity index (χ3v) is 4.68. The minimum Gasteiger partial charge on any atom is -0.316 e. The molecule has 1 N–H and O–H groups in total. The summed E-state index contributed by atoms with van der Waals surface area (Å²) in [5, 5.41) is 3.37. The fraction of sp³-hybridized carbons (Fsp3) is 1.00. The Morgan fingerprint density at radius 2 is 2.07 bits per heavy atom. The standard InChI is InChI=1S/C9H18N2O2S.ClH/c1-14(12,13)11-6-4-9(8-11)3-2-5-10-7-9;/h10H,2-8H2,1H3;1H. The number of nitrogens with one attached hydrogen (secondary N) is 1. The van der Waals surface area contributed by atoms with Crippen LogP contribution in [0.25, 0.3) is 0 Å². The minimum absolute atomic E-state index is 0. The van der Waals surface area contributed by atoms with Gasteiger partial charge in [-0.15, -0.1) is 12.4 Å². The molecule has 0 aromatic heterocycles. The fourth-order valence-electron chi connectivity index (χ4n) is 2.56. The Hall–Kier alpha value is 0.160. The summed E-state index contributed by atoms with van der Waals surface area (Å²) in [6.45, 7) is 3.50. The van der Waals surface area contributed by atoms with E-state index in [9.17, 15) is 8.42 Å². The SMILES string of the molecule is CS(=O)(=O)N1CCC2(CCCNC2)C1.Cl. The fourth-order valence-corrected chi connectivity index (χ4v) is 3.49. The molecule has 1 spiro atoms. The van der Waals surface area contributed by atoms with Crippen molar-refractivity contribution in [2.24, 2.45) is 5.41 Å². The maximum absolute atomic E-state index is 11.4. The van der Waals surface area contributed by atoms with Crippen LogP contribution in [0.15, 0.2) is 0 Å². The molecule has 0 saturated carbocycles. The Bertz CT molecular complexity index is 312. The first-order valence-corrected chi connectivity index (χ1v) is 7.03. The van der Waals surface area contributed by atoms with Gasteiger partial charge in [0.05, 0.1) is 6.26 Å². The van der Waals surface area contributed by atoms with Crippen molar-refractivity contribution >= 4 is 22.4 Å². The topological polar surface area (TPSA) is 49.4 Å². The Morgan fingerprint density at radius 3 is 2.53 bits per heavy atom. The molecule has 0 aromatic rings. The molecule has 6 heteroatoms. The normalized spacial score (nSPS) is 32.9. The molecule has 0 bridgehead atoms. The molecule has 0 amide bonds. The molecule has 0 aromatic carbocycles. The van der Waals surface area contributed by atoms with Crippen molar-refractivity contribution in [1.29, 1.82) is 0 Å². The molecule has 4 nitrogen and oxygen atoms in total. The van der Waals surface area contributed by atoms with Crippen LogP contribution in [0, 0.1) is 5.41 Å². The van der Waals surface area contributed by atoms with Crippen molar-refractivity contribution in [2.45, 2.75) is 19.3 Å². The molecular weight excluding hydrogens is 236 g/mol. The quantitative estimate of drug-likeness (QED) is 0.739. The van der Waals surface area contributed by atoms with E-state index in [0.29, 0.717) is 6.54 Å². The molecule has 90 valence electrons. The molecule has 2 aliphatic heterocycles. The number of nitrogens with zero attached hydrogens (tertiary/aromatic N) is 1. The lowest BCUT2D eigenvalue weighted by Crippen LogP contribution is -2.42. The average molecular weight is 255 g/mol. The lowest BCUT2D eigenvalue weighted by atomic mass is 9.80. The average Bonchev–Trinajstić information content (AvgIpc) is 2.50. The van der Waals surface area contributed by atoms with Gasteiger partial charge in [0.1, 0.15) is 0 Å². The van der Waals surface area contributed by atoms with Crippen molar-refractivity contribution in [3.8, 4) is 0 Å². The van der Waals surface area contributed by atoms with Crippen LogP contribution in [0.2, 0.25) is 0 Å². The summed E-state index contributed by atoms with van der Waals surface area (Å²) in [4.78, 5) is 0. The highest BCUT2D eigenvalue weighted by Crippen LogP contribution is 2.37. The van der Waals surface area contributed by atoms with Gasteiger partial charge in [0.25, 0.3) is 0 Å². The largest absolute Gasteiger partial charge is 0.316 e. The van der Waals surface area contributed by atoms with Crippen LogP contribution in [0.1, 0.15) is 19.3 Å². The highest BCUT2D eigenvalue weighted by atomic mass is 35.5. The molecule has 2 fully saturated rings. The van der Waals surface area contributed by atoms with Crippen molar-refractivity contribution in [3.63, 3.8) is 0 Å². The number of sulfonamides is 1. The molecule has 1 atom stereocenters. The Kier molecular flexibility index (Phi) is 4.03. The Labute approximate surface area is 97.9 Å². The van der Waals surface area contributed by atoms with Gasteiger partial charge in [-0.05, 0) is 31.2 Å². The van der Waals surface area contributed by atoms with Gasteiger partial charge in [0, 0.05) is 19.6 Å². The second-order valence-corrected chi connectivity index (χ2v) is 6.61. The first kappa shape index (κ1) is 13.2. The lowest BCUT2D eigenvalue weighted by molar-refractivity contribution is 0.225. The van der Waals surface area contributed by atoms with Crippen LogP contribution in [0.5, 0.6) is 0 Å². The Morgan fingerprint density at radius 1 is 1.33 bits per heavy atom. The van der Waals surface area contributed by atoms with Gasteiger partial charge in [0.15, 0.2) is 0 Å². The lowest BCUT2D eigenvalue weighted by Gasteiger charge is -2.33. The highest BCUT2D eigenvalue weighted by Gasteiger charge is 2.41. The number of halogens is 1. The van der Waals surface area contributed by atoms with Crippen LogP contribution in [-0.2, 0) is 10.0 Å². The second kappa shape index (κ2) is 4.57. The van der Waals surface area contributed by atoms with Gasteiger partial charge < -0.3 is 5.32 Å². The molecule has 2 saturated heterocycles. The number of hydrogen-bond donors (Lipinski definition) is 1. The van der Waals surface area contributed by atoms with Crippen molar-refractivity contribution < 1.29 is 8.42 Å². The van der Waals surface area contributed by atoms with Crippen molar-refractivity contribution in [3.05, 3.63) is 0 Å². The summed E-state index contributed by atoms with van der Waals surface area (Å²) in [6, 6.07) is 0. The molecule has 2 aliphatic rings. The van der Waals surface area contributed by atoms with E-state index >= 15 is 0 Å². The van der Waals surface area contributed by atoms with Gasteiger partial charge in [-0.1, -0.05) is 0 Å². The molecule has 15 heavy (non-hydrogen) atoms. The number of rotatable bonds is 1. The van der Waals surface area contributed by atoms with Gasteiger partial charge in [-0.25, -0.2) is 12.7 Å². The van der Waals surface area contributed by atoms with E-state index in [1.54, 1.807) is 4.31 Å². The smallest absolute Gasteiger partial charge is 0.211 e. The third-order valence-electron chi connectivity index (χ3n) is 3.43. The summed E-state index contributed by atoms with van der Waals surface area (Å²) < 4.78 is 24.4. The maximum Gasteiger partial charge on any atom is 0.211 e. The maximum atomic E-state index is 11.4. The second-order valence-electron chi connectivity index (χ2n) is 4.63. The van der Waals surface area contributed by atoms with Crippen molar-refractivity contribution in [2.75, 3.05) is 32.4 Å². The zero-order valence-corrected chi connectivity index (χ0v) is 10.7. The number of piperidine rings is 1. The third kappa shape index (κ3) is 2.84. The van der Waals surface area contributed by atoms with E-state index in [4.69, 9.17) is 0 Å². The zero-order valence-electron chi connectivity index (χ0n) is 9.03. The van der Waals surface area contributed by atoms with Crippen LogP contribution in [-0.4, -0.2) is 45.2 Å². The molecule has 0 aliphatic carbocycles. The summed E-state index contributed by atoms with van der Waals surface area (Å²) >= 11 is 0. The zero-order chi connectivity index (χ0) is 10.2. The summed E-state index contributed by atoms with van der Waals surface area (Å²) in [7, 11) is -2.97. The highest BCUT2D eigenvalue weighted by molar-refractivity contribution is 7.88. The minimum atomic E-state index is -2.97. The molecular formula is C9H19ClN2O2S. The first-order valence-electron chi connectivity index (χ1n) is 5.18. The van der Waals surface area contributed by atoms with Crippen LogP contribution < -0.4 is 5.32 Å². The van der Waals surface area contributed by atoms with Gasteiger partial charge in [-0.2, -0.15) is 0 Å². The monoisotopic (exact) mass is 254 g/mol. The van der Waals surface area contributed by atoms with E-state index in [-0.39, 0.29) is 17.8 Å². The molecule has 1 unspecified atom stereocenters. The van der Waals surface area contributed by atoms with E-state index in [1.807, 2.05) is 0 Å². The number of hydrogen-bond acceptors (Lipinski definition) is 3. The van der Waals surface area contributed by atoms with E-state index in [0.717, 1.165) is 26.1 Å². The van der Waals surface area contributed by atoms with E-state index in [2.05, 4.69) is 5.32 Å². The van der Waals surface area contributed by atoms with Crippen LogP contribution in [0.3, 0.4) is 0 Å². The summed E-state index contributed by atoms with van der Waals surface area (Å²) in [5.74, 6) is 0. The van der Waals surface area contributed by atoms with Crippen LogP contribution >= 0.6 is 12.4 Å². The van der Waals surface area contributed by atoms with Crippen molar-refractivity contribution in [1.82, 2.24) is 9.62 Å². The predicted molar refractivity (Wildman–Crippen MR) is 62.8 cm³/mol. The van der Waals surface area contributed by atoms with E-state index in [1.165, 1.54) is 19.1 Å². The summed E-state index contributed by atoms with van der Waals surface area (Å²) in [6.07, 6.45) is 4.68. The van der Waals surface area contributed by atoms with Gasteiger partial charge in [0.2, 0.25) is 10.0 Å². The molecule has 2 heterocycles.